The molecular formula is C19H20N2O3. The van der Waals surface area contributed by atoms with Gasteiger partial charge in [0.2, 0.25) is 0 Å². The normalized spacial score (nSPS) is 10.6. The van der Waals surface area contributed by atoms with E-state index in [1.54, 1.807) is 14.2 Å². The molecule has 0 radical (unpaired) electrons. The molecule has 0 saturated carbocycles. The minimum absolute atomic E-state index is 0.145. The van der Waals surface area contributed by atoms with Crippen LogP contribution in [-0.2, 0) is 6.54 Å². The van der Waals surface area contributed by atoms with Crippen molar-refractivity contribution in [2.24, 2.45) is 0 Å². The summed E-state index contributed by atoms with van der Waals surface area (Å²) in [5, 5.41) is 3.95. The molecule has 0 bridgehead atoms. The van der Waals surface area contributed by atoms with Gasteiger partial charge in [0.15, 0.2) is 0 Å². The molecule has 1 amide bonds. The van der Waals surface area contributed by atoms with Gasteiger partial charge in [-0.15, -0.1) is 0 Å². The van der Waals surface area contributed by atoms with Crippen molar-refractivity contribution in [2.75, 3.05) is 14.2 Å². The van der Waals surface area contributed by atoms with Crippen molar-refractivity contribution in [1.82, 2.24) is 10.3 Å². The van der Waals surface area contributed by atoms with Crippen LogP contribution < -0.4 is 14.8 Å². The second-order valence-corrected chi connectivity index (χ2v) is 5.53. The summed E-state index contributed by atoms with van der Waals surface area (Å²) < 4.78 is 10.5. The Morgan fingerprint density at radius 2 is 1.92 bits per heavy atom. The largest absolute Gasteiger partial charge is 0.497 e. The first-order chi connectivity index (χ1) is 11.6. The first-order valence-corrected chi connectivity index (χ1v) is 7.70. The van der Waals surface area contributed by atoms with E-state index in [0.717, 1.165) is 33.5 Å². The van der Waals surface area contributed by atoms with Crippen molar-refractivity contribution in [3.05, 3.63) is 59.3 Å². The van der Waals surface area contributed by atoms with Gasteiger partial charge in [0, 0.05) is 29.1 Å². The van der Waals surface area contributed by atoms with Crippen LogP contribution in [0.15, 0.2) is 42.5 Å². The number of para-hydroxylation sites is 1. The van der Waals surface area contributed by atoms with Gasteiger partial charge in [0.25, 0.3) is 5.91 Å². The summed E-state index contributed by atoms with van der Waals surface area (Å²) in [5.41, 5.74) is 3.30. The molecule has 5 nitrogen and oxygen atoms in total. The van der Waals surface area contributed by atoms with E-state index in [1.165, 1.54) is 0 Å². The number of rotatable bonds is 5. The monoisotopic (exact) mass is 324 g/mol. The number of carbonyl (C=O) groups excluding carboxylic acids is 1. The van der Waals surface area contributed by atoms with Crippen molar-refractivity contribution in [3.8, 4) is 11.5 Å². The number of aromatic nitrogens is 1. The van der Waals surface area contributed by atoms with E-state index in [-0.39, 0.29) is 5.91 Å². The highest BCUT2D eigenvalue weighted by Gasteiger charge is 2.15. The quantitative estimate of drug-likeness (QED) is 0.756. The number of hydrogen-bond acceptors (Lipinski definition) is 3. The molecule has 3 rings (SSSR count). The van der Waals surface area contributed by atoms with Gasteiger partial charge >= 0.3 is 0 Å². The molecule has 24 heavy (non-hydrogen) atoms. The van der Waals surface area contributed by atoms with Crippen LogP contribution in [0.3, 0.4) is 0 Å². The predicted octanol–water partition coefficient (Wildman–Crippen LogP) is 3.42. The molecule has 0 saturated heterocycles. The first kappa shape index (κ1) is 15.9. The van der Waals surface area contributed by atoms with E-state index < -0.39 is 0 Å². The average Bonchev–Trinajstić information content (AvgIpc) is 2.96. The Morgan fingerprint density at radius 1 is 1.12 bits per heavy atom. The summed E-state index contributed by atoms with van der Waals surface area (Å²) in [6.45, 7) is 2.34. The number of aryl methyl sites for hydroxylation is 1. The molecule has 5 heteroatoms. The highest BCUT2D eigenvalue weighted by molar-refractivity contribution is 6.01. The van der Waals surface area contributed by atoms with Gasteiger partial charge in [-0.05, 0) is 30.7 Å². The average molecular weight is 324 g/mol. The lowest BCUT2D eigenvalue weighted by molar-refractivity contribution is 0.0946. The molecule has 0 atom stereocenters. The Labute approximate surface area is 140 Å². The highest BCUT2D eigenvalue weighted by atomic mass is 16.5. The molecule has 0 unspecified atom stereocenters. The van der Waals surface area contributed by atoms with Gasteiger partial charge < -0.3 is 19.8 Å². The zero-order valence-corrected chi connectivity index (χ0v) is 14.0. The smallest absolute Gasteiger partial charge is 0.268 e. The number of amides is 1. The van der Waals surface area contributed by atoms with Crippen LogP contribution >= 0.6 is 0 Å². The lowest BCUT2D eigenvalue weighted by Crippen LogP contribution is -2.24. The Bertz CT molecular complexity index is 883. The fourth-order valence-corrected chi connectivity index (χ4v) is 2.78. The number of carbonyl (C=O) groups is 1. The molecule has 0 aliphatic carbocycles. The summed E-state index contributed by atoms with van der Waals surface area (Å²) in [6.07, 6.45) is 0. The zero-order valence-electron chi connectivity index (χ0n) is 14.0. The lowest BCUT2D eigenvalue weighted by atomic mass is 10.1. The maximum absolute atomic E-state index is 12.5. The van der Waals surface area contributed by atoms with E-state index in [9.17, 15) is 4.79 Å². The van der Waals surface area contributed by atoms with Crippen molar-refractivity contribution in [1.29, 1.82) is 0 Å². The molecule has 2 aromatic carbocycles. The number of methoxy groups -OCH3 is 2. The number of ether oxygens (including phenoxy) is 2. The number of benzene rings is 2. The number of H-pyrrole nitrogens is 1. The molecule has 3 aromatic rings. The number of nitrogens with one attached hydrogen (secondary N) is 2. The standard InChI is InChI=1S/C19H20N2O3/c1-12-15-9-8-14(23-2)10-16(15)21-18(12)19(22)20-11-13-6-4-5-7-17(13)24-3/h4-10,21H,11H2,1-3H3,(H,20,22). The molecule has 1 aromatic heterocycles. The van der Waals surface area contributed by atoms with Crippen molar-refractivity contribution >= 4 is 16.8 Å². The van der Waals surface area contributed by atoms with E-state index in [2.05, 4.69) is 10.3 Å². The molecule has 1 heterocycles. The Hall–Kier alpha value is -2.95. The van der Waals surface area contributed by atoms with Gasteiger partial charge in [-0.3, -0.25) is 4.79 Å². The molecule has 0 fully saturated rings. The summed E-state index contributed by atoms with van der Waals surface area (Å²) in [6, 6.07) is 13.4. The Morgan fingerprint density at radius 3 is 2.67 bits per heavy atom. The predicted molar refractivity (Wildman–Crippen MR) is 93.8 cm³/mol. The minimum Gasteiger partial charge on any atom is -0.497 e. The van der Waals surface area contributed by atoms with E-state index in [1.807, 2.05) is 49.4 Å². The van der Waals surface area contributed by atoms with Crippen LogP contribution in [0.4, 0.5) is 0 Å². The Kier molecular flexibility index (Phi) is 4.42. The number of aromatic amines is 1. The van der Waals surface area contributed by atoms with E-state index >= 15 is 0 Å². The number of hydrogen-bond donors (Lipinski definition) is 2. The third-order valence-electron chi connectivity index (χ3n) is 4.12. The van der Waals surface area contributed by atoms with Crippen molar-refractivity contribution in [3.63, 3.8) is 0 Å². The van der Waals surface area contributed by atoms with E-state index in [4.69, 9.17) is 9.47 Å². The van der Waals surface area contributed by atoms with Crippen LogP contribution in [0.1, 0.15) is 21.6 Å². The topological polar surface area (TPSA) is 63.4 Å². The zero-order chi connectivity index (χ0) is 17.1. The first-order valence-electron chi connectivity index (χ1n) is 7.70. The number of fused-ring (bicyclic) bond motifs is 1. The van der Waals surface area contributed by atoms with Crippen LogP contribution in [0.2, 0.25) is 0 Å². The van der Waals surface area contributed by atoms with Gasteiger partial charge in [0.1, 0.15) is 17.2 Å². The van der Waals surface area contributed by atoms with Crippen LogP contribution in [0.25, 0.3) is 10.9 Å². The minimum atomic E-state index is -0.145. The van der Waals surface area contributed by atoms with E-state index in [0.29, 0.717) is 12.2 Å². The maximum Gasteiger partial charge on any atom is 0.268 e. The third kappa shape index (κ3) is 2.93. The maximum atomic E-state index is 12.5. The second-order valence-electron chi connectivity index (χ2n) is 5.53. The highest BCUT2D eigenvalue weighted by Crippen LogP contribution is 2.25. The van der Waals surface area contributed by atoms with Crippen LogP contribution in [0, 0.1) is 6.92 Å². The molecule has 124 valence electrons. The van der Waals surface area contributed by atoms with Crippen LogP contribution in [0.5, 0.6) is 11.5 Å². The molecule has 0 aliphatic heterocycles. The second kappa shape index (κ2) is 6.66. The van der Waals surface area contributed by atoms with Gasteiger partial charge in [-0.25, -0.2) is 0 Å². The summed E-state index contributed by atoms with van der Waals surface area (Å²) >= 11 is 0. The fraction of sp³-hybridized carbons (Fsp3) is 0.211. The molecule has 0 aliphatic rings. The summed E-state index contributed by atoms with van der Waals surface area (Å²) in [5.74, 6) is 1.37. The molecule has 0 spiro atoms. The lowest BCUT2D eigenvalue weighted by Gasteiger charge is -2.09. The van der Waals surface area contributed by atoms with Gasteiger partial charge in [0.05, 0.1) is 14.2 Å². The Balaban J connectivity index is 1.82. The molecule has 2 N–H and O–H groups in total. The van der Waals surface area contributed by atoms with Gasteiger partial charge in [-0.2, -0.15) is 0 Å². The fourth-order valence-electron chi connectivity index (χ4n) is 2.78. The third-order valence-corrected chi connectivity index (χ3v) is 4.12. The SMILES string of the molecule is COc1ccc2c(C)c(C(=O)NCc3ccccc3OC)[nH]c2c1. The van der Waals surface area contributed by atoms with Crippen molar-refractivity contribution < 1.29 is 14.3 Å². The molecular weight excluding hydrogens is 304 g/mol. The summed E-state index contributed by atoms with van der Waals surface area (Å²) in [7, 11) is 3.24. The van der Waals surface area contributed by atoms with Gasteiger partial charge in [-0.1, -0.05) is 18.2 Å². The van der Waals surface area contributed by atoms with Crippen LogP contribution in [-0.4, -0.2) is 25.1 Å². The van der Waals surface area contributed by atoms with Crippen molar-refractivity contribution in [2.45, 2.75) is 13.5 Å². The summed E-state index contributed by atoms with van der Waals surface area (Å²) in [4.78, 5) is 15.7.